The molecular weight excluding hydrogens is 390 g/mol. The Hall–Kier alpha value is -3.36. The summed E-state index contributed by atoms with van der Waals surface area (Å²) in [4.78, 5) is 39.5. The lowest BCUT2D eigenvalue weighted by atomic mass is 10.1. The largest absolute Gasteiger partial charge is 0.494 e. The molecule has 0 radical (unpaired) electrons. The highest BCUT2D eigenvalue weighted by atomic mass is 16.6. The van der Waals surface area contributed by atoms with Gasteiger partial charge in [0.05, 0.1) is 24.8 Å². The van der Waals surface area contributed by atoms with Crippen LogP contribution in [0.5, 0.6) is 5.75 Å². The molecule has 0 atom stereocenters. The Morgan fingerprint density at radius 3 is 2.57 bits per heavy atom. The molecule has 0 fully saturated rings. The minimum Gasteiger partial charge on any atom is -0.494 e. The minimum atomic E-state index is -0.541. The van der Waals surface area contributed by atoms with Crippen LogP contribution in [0.25, 0.3) is 10.9 Å². The topological polar surface area (TPSA) is 116 Å². The quantitative estimate of drug-likeness (QED) is 0.500. The Kier molecular flexibility index (Phi) is 7.97. The monoisotopic (exact) mass is 417 g/mol. The molecule has 0 aliphatic rings. The van der Waals surface area contributed by atoms with Crippen molar-refractivity contribution in [3.63, 3.8) is 0 Å². The van der Waals surface area contributed by atoms with E-state index in [4.69, 9.17) is 9.47 Å². The normalized spacial score (nSPS) is 10.9. The van der Waals surface area contributed by atoms with E-state index >= 15 is 0 Å². The third-order valence-electron chi connectivity index (χ3n) is 3.84. The van der Waals surface area contributed by atoms with Crippen molar-refractivity contribution in [1.82, 2.24) is 15.6 Å². The smallest absolute Gasteiger partial charge is 0.407 e. The molecule has 0 saturated carbocycles. The van der Waals surface area contributed by atoms with Crippen LogP contribution in [0, 0.1) is 0 Å². The predicted octanol–water partition coefficient (Wildman–Crippen LogP) is 2.43. The summed E-state index contributed by atoms with van der Waals surface area (Å²) < 4.78 is 15.4. The molecule has 2 N–H and O–H groups in total. The molecule has 0 spiro atoms. The molecule has 0 saturated heterocycles. The summed E-state index contributed by atoms with van der Waals surface area (Å²) in [6.07, 6.45) is 1.64. The van der Waals surface area contributed by atoms with Crippen LogP contribution in [0.3, 0.4) is 0 Å². The van der Waals surface area contributed by atoms with Gasteiger partial charge < -0.3 is 24.8 Å². The number of hydrogen-bond acceptors (Lipinski definition) is 7. The van der Waals surface area contributed by atoms with E-state index in [1.165, 1.54) is 13.3 Å². The fourth-order valence-corrected chi connectivity index (χ4v) is 2.50. The number of pyridine rings is 1. The summed E-state index contributed by atoms with van der Waals surface area (Å²) in [5.41, 5.74) is 0.459. The highest BCUT2D eigenvalue weighted by Gasteiger charge is 2.15. The van der Waals surface area contributed by atoms with Crippen LogP contribution >= 0.6 is 0 Å². The number of nitrogens with zero attached hydrogens (tertiary/aromatic N) is 1. The van der Waals surface area contributed by atoms with Crippen LogP contribution in [-0.2, 0) is 14.3 Å². The number of alkyl carbamates (subject to hydrolysis) is 1. The van der Waals surface area contributed by atoms with Crippen molar-refractivity contribution in [2.24, 2.45) is 0 Å². The third kappa shape index (κ3) is 7.23. The number of rotatable bonds is 8. The summed E-state index contributed by atoms with van der Waals surface area (Å²) in [7, 11) is 1.25. The average molecular weight is 417 g/mol. The summed E-state index contributed by atoms with van der Waals surface area (Å²) >= 11 is 0. The van der Waals surface area contributed by atoms with E-state index in [1.807, 2.05) is 0 Å². The Balaban J connectivity index is 1.93. The zero-order valence-corrected chi connectivity index (χ0v) is 17.6. The van der Waals surface area contributed by atoms with Crippen molar-refractivity contribution in [3.05, 3.63) is 36.0 Å². The number of methoxy groups -OCH3 is 1. The molecule has 2 aromatic rings. The van der Waals surface area contributed by atoms with Gasteiger partial charge in [-0.25, -0.2) is 4.79 Å². The van der Waals surface area contributed by atoms with E-state index in [2.05, 4.69) is 20.4 Å². The number of esters is 1. The van der Waals surface area contributed by atoms with Crippen LogP contribution in [0.2, 0.25) is 0 Å². The first-order valence-corrected chi connectivity index (χ1v) is 9.53. The number of carbonyl (C=O) groups excluding carboxylic acids is 3. The molecule has 9 heteroatoms. The first kappa shape index (κ1) is 22.9. The molecule has 30 heavy (non-hydrogen) atoms. The average Bonchev–Trinajstić information content (AvgIpc) is 2.69. The van der Waals surface area contributed by atoms with E-state index in [0.29, 0.717) is 41.8 Å². The van der Waals surface area contributed by atoms with Crippen molar-refractivity contribution in [1.29, 1.82) is 0 Å². The first-order valence-electron chi connectivity index (χ1n) is 9.53. The Morgan fingerprint density at radius 1 is 1.10 bits per heavy atom. The van der Waals surface area contributed by atoms with Crippen molar-refractivity contribution in [3.8, 4) is 5.75 Å². The third-order valence-corrected chi connectivity index (χ3v) is 3.84. The molecule has 2 rings (SSSR count). The number of fused-ring (bicyclic) bond motifs is 1. The molecule has 1 aromatic heterocycles. The van der Waals surface area contributed by atoms with Gasteiger partial charge in [-0.05, 0) is 51.5 Å². The van der Waals surface area contributed by atoms with Crippen LogP contribution in [0.15, 0.2) is 30.5 Å². The van der Waals surface area contributed by atoms with Gasteiger partial charge >= 0.3 is 12.1 Å². The van der Waals surface area contributed by atoms with Gasteiger partial charge in [0.25, 0.3) is 5.91 Å². The number of benzene rings is 1. The van der Waals surface area contributed by atoms with Crippen molar-refractivity contribution < 1.29 is 28.6 Å². The Bertz CT molecular complexity index is 907. The first-order chi connectivity index (χ1) is 14.2. The molecule has 9 nitrogen and oxygen atoms in total. The molecule has 1 heterocycles. The zero-order chi connectivity index (χ0) is 22.1. The standard InChI is InChI=1S/C21H27N3O6/c1-21(2,3)30-20(27)23-9-5-11-29-14-6-7-17-16(12-14)15(8-10-22-17)19(26)24-13-18(25)28-4/h6-8,10,12H,5,9,11,13H2,1-4H3,(H,23,27)(H,24,26). The molecule has 0 bridgehead atoms. The van der Waals surface area contributed by atoms with E-state index in [1.54, 1.807) is 45.0 Å². The van der Waals surface area contributed by atoms with Gasteiger partial charge in [-0.3, -0.25) is 14.6 Å². The van der Waals surface area contributed by atoms with Gasteiger partial charge in [-0.2, -0.15) is 0 Å². The summed E-state index contributed by atoms with van der Waals surface area (Å²) in [6.45, 7) is 5.95. The number of amides is 2. The minimum absolute atomic E-state index is 0.222. The molecule has 0 aliphatic heterocycles. The van der Waals surface area contributed by atoms with Gasteiger partial charge in [0.1, 0.15) is 17.9 Å². The number of nitrogens with one attached hydrogen (secondary N) is 2. The van der Waals surface area contributed by atoms with Gasteiger partial charge in [-0.15, -0.1) is 0 Å². The predicted molar refractivity (Wildman–Crippen MR) is 110 cm³/mol. The van der Waals surface area contributed by atoms with E-state index < -0.39 is 23.6 Å². The second-order valence-electron chi connectivity index (χ2n) is 7.43. The van der Waals surface area contributed by atoms with Gasteiger partial charge in [-0.1, -0.05) is 0 Å². The van der Waals surface area contributed by atoms with E-state index in [9.17, 15) is 14.4 Å². The highest BCUT2D eigenvalue weighted by molar-refractivity contribution is 6.07. The molecule has 162 valence electrons. The van der Waals surface area contributed by atoms with Crippen LogP contribution in [0.1, 0.15) is 37.6 Å². The number of hydrogen-bond donors (Lipinski definition) is 2. The number of carbonyl (C=O) groups is 3. The molecule has 0 unspecified atom stereocenters. The fourth-order valence-electron chi connectivity index (χ4n) is 2.50. The van der Waals surface area contributed by atoms with Crippen molar-refractivity contribution >= 4 is 28.9 Å². The Morgan fingerprint density at radius 2 is 1.87 bits per heavy atom. The van der Waals surface area contributed by atoms with E-state index in [-0.39, 0.29) is 6.54 Å². The van der Waals surface area contributed by atoms with Crippen LogP contribution in [0.4, 0.5) is 4.79 Å². The Labute approximate surface area is 175 Å². The lowest BCUT2D eigenvalue weighted by Gasteiger charge is -2.19. The summed E-state index contributed by atoms with van der Waals surface area (Å²) in [6, 6.07) is 6.80. The zero-order valence-electron chi connectivity index (χ0n) is 17.6. The van der Waals surface area contributed by atoms with Crippen molar-refractivity contribution in [2.75, 3.05) is 26.8 Å². The SMILES string of the molecule is COC(=O)CNC(=O)c1ccnc2ccc(OCCCNC(=O)OC(C)(C)C)cc12. The van der Waals surface area contributed by atoms with Gasteiger partial charge in [0, 0.05) is 18.1 Å². The molecule has 1 aromatic carbocycles. The second-order valence-corrected chi connectivity index (χ2v) is 7.43. The fraction of sp³-hybridized carbons (Fsp3) is 0.429. The maximum atomic E-state index is 12.4. The lowest BCUT2D eigenvalue weighted by molar-refractivity contribution is -0.139. The number of aromatic nitrogens is 1. The van der Waals surface area contributed by atoms with Crippen LogP contribution < -0.4 is 15.4 Å². The van der Waals surface area contributed by atoms with Gasteiger partial charge in [0.2, 0.25) is 0 Å². The maximum absolute atomic E-state index is 12.4. The number of ether oxygens (including phenoxy) is 3. The van der Waals surface area contributed by atoms with Gasteiger partial charge in [0.15, 0.2) is 0 Å². The molecular formula is C21H27N3O6. The van der Waals surface area contributed by atoms with Crippen LogP contribution in [-0.4, -0.2) is 55.4 Å². The highest BCUT2D eigenvalue weighted by Crippen LogP contribution is 2.23. The molecule has 2 amide bonds. The molecule has 0 aliphatic carbocycles. The van der Waals surface area contributed by atoms with E-state index in [0.717, 1.165) is 0 Å². The summed E-state index contributed by atoms with van der Waals surface area (Å²) in [5.74, 6) is -0.382. The maximum Gasteiger partial charge on any atom is 0.407 e. The summed E-state index contributed by atoms with van der Waals surface area (Å²) in [5, 5.41) is 5.78. The van der Waals surface area contributed by atoms with Crippen molar-refractivity contribution in [2.45, 2.75) is 32.8 Å². The lowest BCUT2D eigenvalue weighted by Crippen LogP contribution is -2.33. The second kappa shape index (κ2) is 10.4.